The highest BCUT2D eigenvalue weighted by Crippen LogP contribution is 2.31. The van der Waals surface area contributed by atoms with Gasteiger partial charge in [-0.25, -0.2) is 0 Å². The van der Waals surface area contributed by atoms with E-state index in [-0.39, 0.29) is 5.41 Å². The van der Waals surface area contributed by atoms with Gasteiger partial charge in [-0.2, -0.15) is 0 Å². The Morgan fingerprint density at radius 3 is 2.27 bits per heavy atom. The molecule has 0 N–H and O–H groups in total. The van der Waals surface area contributed by atoms with E-state index in [0.29, 0.717) is 13.2 Å². The zero-order chi connectivity index (χ0) is 21.8. The highest BCUT2D eigenvalue weighted by Gasteiger charge is 2.23. The maximum absolute atomic E-state index is 5.89. The molecule has 1 aliphatic carbocycles. The number of ether oxygens (including phenoxy) is 3. The molecule has 2 fully saturated rings. The largest absolute Gasteiger partial charge is 0.493 e. The van der Waals surface area contributed by atoms with Crippen LogP contribution in [0.5, 0.6) is 11.5 Å². The van der Waals surface area contributed by atoms with Crippen LogP contribution in [0.25, 0.3) is 0 Å². The first-order chi connectivity index (χ1) is 14.5. The van der Waals surface area contributed by atoms with Crippen LogP contribution in [0.2, 0.25) is 0 Å². The van der Waals surface area contributed by atoms with E-state index in [1.54, 1.807) is 14.2 Å². The normalized spacial score (nSPS) is 18.0. The smallest absolute Gasteiger partial charge is 0.161 e. The molecule has 1 saturated heterocycles. The molecule has 0 spiro atoms. The van der Waals surface area contributed by atoms with Crippen LogP contribution >= 0.6 is 0 Å². The number of nitrogens with zero attached hydrogens (tertiary/aromatic N) is 1. The molecule has 1 saturated carbocycles. The van der Waals surface area contributed by atoms with Gasteiger partial charge in [-0.15, -0.1) is 0 Å². The first-order valence-corrected chi connectivity index (χ1v) is 12.0. The maximum atomic E-state index is 5.89. The van der Waals surface area contributed by atoms with Gasteiger partial charge in [0, 0.05) is 13.2 Å². The monoisotopic (exact) mass is 419 g/mol. The zero-order valence-electron chi connectivity index (χ0n) is 20.2. The summed E-state index contributed by atoms with van der Waals surface area (Å²) in [5.41, 5.74) is 1.38. The molecule has 0 aromatic heterocycles. The van der Waals surface area contributed by atoms with Crippen molar-refractivity contribution >= 4 is 0 Å². The third-order valence-corrected chi connectivity index (χ3v) is 6.63. The molecule has 4 heteroatoms. The summed E-state index contributed by atoms with van der Waals surface area (Å²) in [4.78, 5) is 2.72. The Balaban J connectivity index is 0.000000244. The zero-order valence-corrected chi connectivity index (χ0v) is 20.2. The number of likely N-dealkylation sites (tertiary alicyclic amines) is 1. The lowest BCUT2D eigenvalue weighted by Gasteiger charge is -2.30. The predicted molar refractivity (Wildman–Crippen MR) is 126 cm³/mol. The van der Waals surface area contributed by atoms with Crippen molar-refractivity contribution in [2.24, 2.45) is 5.41 Å². The molecule has 1 aromatic rings. The molecule has 172 valence electrons. The van der Waals surface area contributed by atoms with E-state index in [4.69, 9.17) is 14.2 Å². The highest BCUT2D eigenvalue weighted by molar-refractivity contribution is 5.43. The lowest BCUT2D eigenvalue weighted by atomic mass is 9.92. The third-order valence-electron chi connectivity index (χ3n) is 6.63. The Labute approximate surface area is 185 Å². The first kappa shape index (κ1) is 25.0. The minimum Gasteiger partial charge on any atom is -0.493 e. The van der Waals surface area contributed by atoms with Crippen molar-refractivity contribution in [1.29, 1.82) is 0 Å². The van der Waals surface area contributed by atoms with Crippen LogP contribution in [0.1, 0.15) is 77.7 Å². The lowest BCUT2D eigenvalue weighted by Crippen LogP contribution is -2.34. The Morgan fingerprint density at radius 2 is 1.67 bits per heavy atom. The van der Waals surface area contributed by atoms with Gasteiger partial charge in [0.1, 0.15) is 0 Å². The molecule has 3 rings (SSSR count). The molecule has 0 unspecified atom stereocenters. The van der Waals surface area contributed by atoms with Gasteiger partial charge in [0.25, 0.3) is 0 Å². The number of methoxy groups -OCH3 is 2. The predicted octanol–water partition coefficient (Wildman–Crippen LogP) is 6.11. The van der Waals surface area contributed by atoms with Gasteiger partial charge < -0.3 is 19.1 Å². The molecule has 2 aliphatic rings. The van der Waals surface area contributed by atoms with Crippen LogP contribution in [0.15, 0.2) is 18.2 Å². The number of hydrogen-bond donors (Lipinski definition) is 0. The summed E-state index contributed by atoms with van der Waals surface area (Å²) >= 11 is 0. The van der Waals surface area contributed by atoms with Crippen molar-refractivity contribution in [1.82, 2.24) is 4.90 Å². The standard InChI is InChI=1S/C16H26O3.C10H19N/c1-6-16(2,3)12-19-14-8-7-13(9-10-17-4)11-15(14)18-5;1-2-6-10(7-3-1)11-8-4-5-9-11/h7-8,11H,6,9-10,12H2,1-5H3;10H,1-9H2. The van der Waals surface area contributed by atoms with Crippen molar-refractivity contribution in [3.63, 3.8) is 0 Å². The number of benzene rings is 1. The topological polar surface area (TPSA) is 30.9 Å². The summed E-state index contributed by atoms with van der Waals surface area (Å²) in [7, 11) is 3.38. The molecule has 4 nitrogen and oxygen atoms in total. The van der Waals surface area contributed by atoms with Gasteiger partial charge in [-0.05, 0) is 74.7 Å². The SMILES string of the molecule is C1CCC(N2CCCC2)CC1.CCC(C)(C)COc1ccc(CCOC)cc1OC. The van der Waals surface area contributed by atoms with E-state index >= 15 is 0 Å². The molecule has 0 amide bonds. The Hall–Kier alpha value is -1.26. The van der Waals surface area contributed by atoms with Crippen molar-refractivity contribution in [3.8, 4) is 11.5 Å². The summed E-state index contributed by atoms with van der Waals surface area (Å²) in [6, 6.07) is 7.05. The number of hydrogen-bond acceptors (Lipinski definition) is 4. The van der Waals surface area contributed by atoms with Crippen molar-refractivity contribution in [2.45, 2.75) is 84.6 Å². The molecule has 0 radical (unpaired) electrons. The van der Waals surface area contributed by atoms with Gasteiger partial charge in [0.2, 0.25) is 0 Å². The summed E-state index contributed by atoms with van der Waals surface area (Å²) in [6.45, 7) is 10.8. The molecule has 1 heterocycles. The minimum atomic E-state index is 0.180. The van der Waals surface area contributed by atoms with E-state index in [1.807, 2.05) is 12.1 Å². The molecular weight excluding hydrogens is 374 g/mol. The summed E-state index contributed by atoms with van der Waals surface area (Å²) in [5, 5.41) is 0. The van der Waals surface area contributed by atoms with Gasteiger partial charge in [0.15, 0.2) is 11.5 Å². The van der Waals surface area contributed by atoms with Gasteiger partial charge in [0.05, 0.1) is 20.3 Å². The second-order valence-corrected chi connectivity index (χ2v) is 9.57. The van der Waals surface area contributed by atoms with E-state index in [2.05, 4.69) is 31.7 Å². The third kappa shape index (κ3) is 8.47. The molecule has 30 heavy (non-hydrogen) atoms. The minimum absolute atomic E-state index is 0.180. The summed E-state index contributed by atoms with van der Waals surface area (Å²) in [6.07, 6.45) is 12.3. The van der Waals surface area contributed by atoms with Crippen molar-refractivity contribution < 1.29 is 14.2 Å². The van der Waals surface area contributed by atoms with Crippen LogP contribution in [0.3, 0.4) is 0 Å². The van der Waals surface area contributed by atoms with E-state index < -0.39 is 0 Å². The molecule has 1 aromatic carbocycles. The Kier molecular flexibility index (Phi) is 11.0. The van der Waals surface area contributed by atoms with Gasteiger partial charge in [-0.1, -0.05) is 46.1 Å². The van der Waals surface area contributed by atoms with E-state index in [0.717, 1.165) is 30.4 Å². The van der Waals surface area contributed by atoms with Crippen molar-refractivity contribution in [2.75, 3.05) is 40.5 Å². The molecular formula is C26H45NO3. The highest BCUT2D eigenvalue weighted by atomic mass is 16.5. The Bertz CT molecular complexity index is 590. The van der Waals surface area contributed by atoms with Gasteiger partial charge >= 0.3 is 0 Å². The molecule has 1 aliphatic heterocycles. The molecule has 0 atom stereocenters. The van der Waals surface area contributed by atoms with Gasteiger partial charge in [-0.3, -0.25) is 0 Å². The van der Waals surface area contributed by atoms with Crippen LogP contribution in [-0.2, 0) is 11.2 Å². The van der Waals surface area contributed by atoms with E-state index in [9.17, 15) is 0 Å². The van der Waals surface area contributed by atoms with Crippen LogP contribution < -0.4 is 9.47 Å². The second-order valence-electron chi connectivity index (χ2n) is 9.57. The number of rotatable bonds is 9. The van der Waals surface area contributed by atoms with Crippen LogP contribution in [0.4, 0.5) is 0 Å². The lowest BCUT2D eigenvalue weighted by molar-refractivity contribution is 0.170. The maximum Gasteiger partial charge on any atom is 0.161 e. The average Bonchev–Trinajstić information content (AvgIpc) is 3.32. The molecule has 0 bridgehead atoms. The van der Waals surface area contributed by atoms with Crippen molar-refractivity contribution in [3.05, 3.63) is 23.8 Å². The fourth-order valence-electron chi connectivity index (χ4n) is 4.13. The van der Waals surface area contributed by atoms with Crippen LogP contribution in [0, 0.1) is 5.41 Å². The Morgan fingerprint density at radius 1 is 0.967 bits per heavy atom. The summed E-state index contributed by atoms with van der Waals surface area (Å²) in [5.74, 6) is 1.60. The van der Waals surface area contributed by atoms with E-state index in [1.165, 1.54) is 63.6 Å². The second kappa shape index (κ2) is 13.2. The average molecular weight is 420 g/mol. The fraction of sp³-hybridized carbons (Fsp3) is 0.769. The van der Waals surface area contributed by atoms with Crippen LogP contribution in [-0.4, -0.2) is 51.5 Å². The summed E-state index contributed by atoms with van der Waals surface area (Å²) < 4.78 is 16.4. The fourth-order valence-corrected chi connectivity index (χ4v) is 4.13. The quantitative estimate of drug-likeness (QED) is 0.483. The first-order valence-electron chi connectivity index (χ1n) is 12.0.